The van der Waals surface area contributed by atoms with Crippen LogP contribution >= 0.6 is 11.3 Å². The van der Waals surface area contributed by atoms with Crippen LogP contribution in [-0.4, -0.2) is 45.5 Å². The number of aliphatic imine (C=N–C) groups is 1. The normalized spacial score (nSPS) is 11.7. The Labute approximate surface area is 129 Å². The summed E-state index contributed by atoms with van der Waals surface area (Å²) in [7, 11) is 2.04. The van der Waals surface area contributed by atoms with E-state index in [1.165, 1.54) is 0 Å². The van der Waals surface area contributed by atoms with Crippen molar-refractivity contribution in [2.45, 2.75) is 26.9 Å². The van der Waals surface area contributed by atoms with Crippen molar-refractivity contribution in [3.05, 3.63) is 34.8 Å². The predicted molar refractivity (Wildman–Crippen MR) is 86.5 cm³/mol. The zero-order valence-electron chi connectivity index (χ0n) is 12.8. The maximum Gasteiger partial charge on any atom is 0.194 e. The maximum absolute atomic E-state index is 4.65. The van der Waals surface area contributed by atoms with Gasteiger partial charge >= 0.3 is 0 Å². The molecule has 0 radical (unpaired) electrons. The first kappa shape index (κ1) is 15.5. The Morgan fingerprint density at radius 2 is 2.38 bits per heavy atom. The van der Waals surface area contributed by atoms with Crippen LogP contribution < -0.4 is 5.32 Å². The van der Waals surface area contributed by atoms with Crippen molar-refractivity contribution >= 4 is 17.3 Å². The van der Waals surface area contributed by atoms with Gasteiger partial charge in [0.15, 0.2) is 5.96 Å². The van der Waals surface area contributed by atoms with Crippen LogP contribution in [0.4, 0.5) is 0 Å². The highest BCUT2D eigenvalue weighted by Gasteiger charge is 2.08. The van der Waals surface area contributed by atoms with Crippen LogP contribution in [0.15, 0.2) is 29.1 Å². The zero-order valence-corrected chi connectivity index (χ0v) is 13.6. The minimum Gasteiger partial charge on any atom is -0.357 e. The lowest BCUT2D eigenvalue weighted by Gasteiger charge is -2.21. The minimum atomic E-state index is 0.721. The summed E-state index contributed by atoms with van der Waals surface area (Å²) in [4.78, 5) is 15.3. The molecule has 0 saturated heterocycles. The van der Waals surface area contributed by atoms with E-state index in [1.807, 2.05) is 31.1 Å². The van der Waals surface area contributed by atoms with Crippen LogP contribution in [0.1, 0.15) is 17.6 Å². The molecule has 21 heavy (non-hydrogen) atoms. The molecule has 114 valence electrons. The molecule has 0 amide bonds. The van der Waals surface area contributed by atoms with E-state index >= 15 is 0 Å². The molecule has 0 unspecified atom stereocenters. The molecule has 7 heteroatoms. The Balaban J connectivity index is 1.92. The molecule has 0 aromatic carbocycles. The Morgan fingerprint density at radius 3 is 3.00 bits per heavy atom. The topological polar surface area (TPSA) is 58.3 Å². The highest BCUT2D eigenvalue weighted by Crippen LogP contribution is 2.09. The van der Waals surface area contributed by atoms with E-state index in [0.29, 0.717) is 0 Å². The molecule has 0 bridgehead atoms. The predicted octanol–water partition coefficient (Wildman–Crippen LogP) is 1.75. The van der Waals surface area contributed by atoms with E-state index in [9.17, 15) is 0 Å². The largest absolute Gasteiger partial charge is 0.357 e. The number of hydrogen-bond acceptors (Lipinski definition) is 4. The Bertz CT molecular complexity index is 560. The Kier molecular flexibility index (Phi) is 5.74. The Hall–Kier alpha value is -1.89. The van der Waals surface area contributed by atoms with Gasteiger partial charge in [0.25, 0.3) is 0 Å². The standard InChI is InChI=1S/C14H22N6S/c1-4-16-14(17-6-8-20-7-5-15-11-20)19(3)9-13-10-21-12(2)18-13/h5,7,10-11H,4,6,8-9H2,1-3H3,(H,16,17). The van der Waals surface area contributed by atoms with Gasteiger partial charge in [0.1, 0.15) is 0 Å². The van der Waals surface area contributed by atoms with Crippen LogP contribution in [0.5, 0.6) is 0 Å². The molecule has 2 rings (SSSR count). The average molecular weight is 306 g/mol. The van der Waals surface area contributed by atoms with E-state index in [4.69, 9.17) is 0 Å². The summed E-state index contributed by atoms with van der Waals surface area (Å²) in [6.07, 6.45) is 5.54. The molecule has 0 spiro atoms. The van der Waals surface area contributed by atoms with Crippen LogP contribution in [0.25, 0.3) is 0 Å². The number of hydrogen-bond donors (Lipinski definition) is 1. The lowest BCUT2D eigenvalue weighted by Crippen LogP contribution is -2.38. The number of imidazole rings is 1. The molecule has 2 heterocycles. The molecule has 0 aliphatic rings. The van der Waals surface area contributed by atoms with Gasteiger partial charge in [-0.1, -0.05) is 0 Å². The number of aromatic nitrogens is 3. The number of nitrogens with one attached hydrogen (secondary N) is 1. The monoisotopic (exact) mass is 306 g/mol. The fourth-order valence-corrected chi connectivity index (χ4v) is 2.56. The fourth-order valence-electron chi connectivity index (χ4n) is 1.96. The van der Waals surface area contributed by atoms with E-state index < -0.39 is 0 Å². The average Bonchev–Trinajstić information content (AvgIpc) is 3.10. The first-order valence-corrected chi connectivity index (χ1v) is 7.93. The summed E-state index contributed by atoms with van der Waals surface area (Å²) < 4.78 is 2.02. The van der Waals surface area contributed by atoms with Gasteiger partial charge in [-0.15, -0.1) is 11.3 Å². The van der Waals surface area contributed by atoms with E-state index in [2.05, 4.69) is 37.5 Å². The summed E-state index contributed by atoms with van der Waals surface area (Å²) in [5, 5.41) is 6.51. The molecule has 0 aliphatic heterocycles. The van der Waals surface area contributed by atoms with E-state index in [-0.39, 0.29) is 0 Å². The summed E-state index contributed by atoms with van der Waals surface area (Å²) >= 11 is 1.68. The van der Waals surface area contributed by atoms with Crippen molar-refractivity contribution in [1.29, 1.82) is 0 Å². The molecule has 2 aromatic heterocycles. The van der Waals surface area contributed by atoms with Crippen molar-refractivity contribution in [2.75, 3.05) is 20.1 Å². The third-order valence-electron chi connectivity index (χ3n) is 2.94. The van der Waals surface area contributed by atoms with E-state index in [0.717, 1.165) is 42.8 Å². The first-order valence-electron chi connectivity index (χ1n) is 7.05. The summed E-state index contributed by atoms with van der Waals surface area (Å²) in [6.45, 7) is 7.27. The molecule has 2 aromatic rings. The van der Waals surface area contributed by atoms with Crippen molar-refractivity contribution in [1.82, 2.24) is 24.8 Å². The molecule has 0 fully saturated rings. The fraction of sp³-hybridized carbons (Fsp3) is 0.500. The highest BCUT2D eigenvalue weighted by molar-refractivity contribution is 7.09. The molecular formula is C14H22N6S. The molecule has 1 N–H and O–H groups in total. The van der Waals surface area contributed by atoms with Crippen molar-refractivity contribution in [3.63, 3.8) is 0 Å². The molecule has 0 saturated carbocycles. The van der Waals surface area contributed by atoms with Crippen LogP contribution in [0.2, 0.25) is 0 Å². The number of rotatable bonds is 6. The number of nitrogens with zero attached hydrogens (tertiary/aromatic N) is 5. The first-order chi connectivity index (χ1) is 10.2. The zero-order chi connectivity index (χ0) is 15.1. The number of guanidine groups is 1. The van der Waals surface area contributed by atoms with Gasteiger partial charge in [0.05, 0.1) is 30.1 Å². The third kappa shape index (κ3) is 4.86. The van der Waals surface area contributed by atoms with Crippen molar-refractivity contribution < 1.29 is 0 Å². The second-order valence-corrected chi connectivity index (χ2v) is 5.81. The van der Waals surface area contributed by atoms with Gasteiger partial charge < -0.3 is 14.8 Å². The van der Waals surface area contributed by atoms with Gasteiger partial charge in [-0.25, -0.2) is 9.97 Å². The smallest absolute Gasteiger partial charge is 0.194 e. The van der Waals surface area contributed by atoms with Gasteiger partial charge in [-0.3, -0.25) is 4.99 Å². The molecule has 0 atom stereocenters. The maximum atomic E-state index is 4.65. The lowest BCUT2D eigenvalue weighted by molar-refractivity contribution is 0.470. The summed E-state index contributed by atoms with van der Waals surface area (Å²) in [5.74, 6) is 0.906. The van der Waals surface area contributed by atoms with Gasteiger partial charge in [0, 0.05) is 37.9 Å². The van der Waals surface area contributed by atoms with Gasteiger partial charge in [0.2, 0.25) is 0 Å². The minimum absolute atomic E-state index is 0.721. The number of thiazole rings is 1. The van der Waals surface area contributed by atoms with Crippen LogP contribution in [-0.2, 0) is 13.1 Å². The third-order valence-corrected chi connectivity index (χ3v) is 3.76. The highest BCUT2D eigenvalue weighted by atomic mass is 32.1. The SMILES string of the molecule is CCNC(=NCCn1ccnc1)N(C)Cc1csc(C)n1. The van der Waals surface area contributed by atoms with Crippen LogP contribution in [0, 0.1) is 6.92 Å². The van der Waals surface area contributed by atoms with Crippen molar-refractivity contribution in [2.24, 2.45) is 4.99 Å². The molecule has 0 aliphatic carbocycles. The molecule has 6 nitrogen and oxygen atoms in total. The lowest BCUT2D eigenvalue weighted by atomic mass is 10.4. The summed E-state index contributed by atoms with van der Waals surface area (Å²) in [5.41, 5.74) is 1.08. The molecular weight excluding hydrogens is 284 g/mol. The summed E-state index contributed by atoms with van der Waals surface area (Å²) in [6, 6.07) is 0. The Morgan fingerprint density at radius 1 is 1.52 bits per heavy atom. The number of aryl methyl sites for hydroxylation is 1. The second kappa shape index (κ2) is 7.78. The quantitative estimate of drug-likeness (QED) is 0.652. The van der Waals surface area contributed by atoms with E-state index in [1.54, 1.807) is 17.5 Å². The van der Waals surface area contributed by atoms with Gasteiger partial charge in [-0.05, 0) is 13.8 Å². The van der Waals surface area contributed by atoms with Gasteiger partial charge in [-0.2, -0.15) is 0 Å². The van der Waals surface area contributed by atoms with Crippen molar-refractivity contribution in [3.8, 4) is 0 Å². The van der Waals surface area contributed by atoms with Crippen LogP contribution in [0.3, 0.4) is 0 Å². The second-order valence-electron chi connectivity index (χ2n) is 4.75.